The van der Waals surface area contributed by atoms with Gasteiger partial charge in [0.15, 0.2) is 17.2 Å². The van der Waals surface area contributed by atoms with Crippen molar-refractivity contribution in [2.24, 2.45) is 11.8 Å². The lowest BCUT2D eigenvalue weighted by atomic mass is 9.87. The fourth-order valence-electron chi connectivity index (χ4n) is 3.78. The smallest absolute Gasteiger partial charge is 0.306 e. The molecule has 0 saturated carbocycles. The van der Waals surface area contributed by atoms with Crippen molar-refractivity contribution in [3.8, 4) is 17.2 Å². The van der Waals surface area contributed by atoms with Crippen LogP contribution in [0.15, 0.2) is 18.2 Å². The molecule has 2 unspecified atom stereocenters. The van der Waals surface area contributed by atoms with Crippen LogP contribution >= 0.6 is 0 Å². The van der Waals surface area contributed by atoms with E-state index in [1.54, 1.807) is 16.5 Å². The summed E-state index contributed by atoms with van der Waals surface area (Å²) in [6.45, 7) is 5.45. The van der Waals surface area contributed by atoms with Gasteiger partial charge >= 0.3 is 5.97 Å². The summed E-state index contributed by atoms with van der Waals surface area (Å²) in [6, 6.07) is 5.46. The van der Waals surface area contributed by atoms with Crippen LogP contribution in [0.4, 0.5) is 0 Å². The van der Waals surface area contributed by atoms with Gasteiger partial charge < -0.3 is 19.5 Å². The Hall–Kier alpha value is -3.10. The second-order valence-corrected chi connectivity index (χ2v) is 7.23. The Bertz CT molecular complexity index is 925. The maximum absolute atomic E-state index is 12.9. The molecule has 148 valence electrons. The minimum absolute atomic E-state index is 0.108. The summed E-state index contributed by atoms with van der Waals surface area (Å²) in [7, 11) is 0. The van der Waals surface area contributed by atoms with Gasteiger partial charge in [-0.05, 0) is 31.4 Å². The van der Waals surface area contributed by atoms with Gasteiger partial charge in [-0.25, -0.2) is 4.68 Å². The predicted octanol–water partition coefficient (Wildman–Crippen LogP) is 1.53. The average molecular weight is 386 g/mol. The van der Waals surface area contributed by atoms with E-state index in [1.165, 1.54) is 0 Å². The molecule has 2 aliphatic heterocycles. The van der Waals surface area contributed by atoms with Crippen molar-refractivity contribution in [1.29, 1.82) is 0 Å². The van der Waals surface area contributed by atoms with Gasteiger partial charge in [-0.1, -0.05) is 12.1 Å². The molecule has 1 saturated heterocycles. The summed E-state index contributed by atoms with van der Waals surface area (Å²) in [6.07, 6.45) is 0.442. The molecule has 1 aromatic carbocycles. The SMILES string of the molecule is Cc1c(C(=O)N2CCC(C(=O)O)C(C)C2)nnn1-c1ccc2c(c1)OCCO2. The number of carboxylic acids is 1. The van der Waals surface area contributed by atoms with E-state index in [1.807, 2.05) is 25.1 Å². The fourth-order valence-corrected chi connectivity index (χ4v) is 3.78. The number of hydrogen-bond acceptors (Lipinski definition) is 6. The summed E-state index contributed by atoms with van der Waals surface area (Å²) in [4.78, 5) is 25.9. The summed E-state index contributed by atoms with van der Waals surface area (Å²) in [5.41, 5.74) is 1.62. The number of aliphatic carboxylic acids is 1. The first-order chi connectivity index (χ1) is 13.5. The molecule has 1 N–H and O–H groups in total. The fraction of sp³-hybridized carbons (Fsp3) is 0.474. The van der Waals surface area contributed by atoms with Crippen LogP contribution in [0.5, 0.6) is 11.5 Å². The molecular weight excluding hydrogens is 364 g/mol. The van der Waals surface area contributed by atoms with E-state index in [9.17, 15) is 14.7 Å². The van der Waals surface area contributed by atoms with Gasteiger partial charge in [0.1, 0.15) is 13.2 Å². The van der Waals surface area contributed by atoms with Gasteiger partial charge in [-0.3, -0.25) is 9.59 Å². The third kappa shape index (κ3) is 3.17. The lowest BCUT2D eigenvalue weighted by Gasteiger charge is -2.34. The molecule has 3 heterocycles. The van der Waals surface area contributed by atoms with Crippen molar-refractivity contribution < 1.29 is 24.2 Å². The minimum atomic E-state index is -0.805. The number of likely N-dealkylation sites (tertiary alicyclic amines) is 1. The quantitative estimate of drug-likeness (QED) is 0.852. The molecule has 28 heavy (non-hydrogen) atoms. The summed E-state index contributed by atoms with van der Waals surface area (Å²) in [5, 5.41) is 17.5. The van der Waals surface area contributed by atoms with Crippen LogP contribution in [0.1, 0.15) is 29.5 Å². The molecule has 9 nitrogen and oxygen atoms in total. The standard InChI is InChI=1S/C19H22N4O5/c1-11-10-22(6-5-14(11)19(25)26)18(24)17-12(2)23(21-20-17)13-3-4-15-16(9-13)28-8-7-27-15/h3-4,9,11,14H,5-8,10H2,1-2H3,(H,25,26). The number of benzene rings is 1. The van der Waals surface area contributed by atoms with Crippen LogP contribution < -0.4 is 9.47 Å². The zero-order valence-electron chi connectivity index (χ0n) is 15.8. The number of ether oxygens (including phenoxy) is 2. The maximum atomic E-state index is 12.9. The summed E-state index contributed by atoms with van der Waals surface area (Å²) >= 11 is 0. The monoisotopic (exact) mass is 386 g/mol. The van der Waals surface area contributed by atoms with Crippen LogP contribution in [-0.4, -0.2) is 63.2 Å². The average Bonchev–Trinajstić information content (AvgIpc) is 3.08. The number of carbonyl (C=O) groups excluding carboxylic acids is 1. The van der Waals surface area contributed by atoms with E-state index < -0.39 is 11.9 Å². The first-order valence-electron chi connectivity index (χ1n) is 9.30. The van der Waals surface area contributed by atoms with Gasteiger partial charge in [0.25, 0.3) is 5.91 Å². The molecule has 0 bridgehead atoms. The summed E-state index contributed by atoms with van der Waals surface area (Å²) < 4.78 is 12.7. The van der Waals surface area contributed by atoms with Crippen LogP contribution in [0.3, 0.4) is 0 Å². The van der Waals surface area contributed by atoms with E-state index in [2.05, 4.69) is 10.3 Å². The van der Waals surface area contributed by atoms with Crippen molar-refractivity contribution in [2.75, 3.05) is 26.3 Å². The topological polar surface area (TPSA) is 107 Å². The van der Waals surface area contributed by atoms with Crippen LogP contribution in [0.25, 0.3) is 5.69 Å². The number of piperidine rings is 1. The van der Waals surface area contributed by atoms with Crippen molar-refractivity contribution in [3.05, 3.63) is 29.6 Å². The normalized spacial score (nSPS) is 21.4. The Balaban J connectivity index is 1.55. The van der Waals surface area contributed by atoms with Crippen LogP contribution in [0, 0.1) is 18.8 Å². The molecule has 0 spiro atoms. The largest absolute Gasteiger partial charge is 0.486 e. The first-order valence-corrected chi connectivity index (χ1v) is 9.30. The number of nitrogens with zero attached hydrogens (tertiary/aromatic N) is 4. The molecule has 2 aromatic rings. The van der Waals surface area contributed by atoms with Crippen LogP contribution in [-0.2, 0) is 4.79 Å². The zero-order valence-corrected chi connectivity index (χ0v) is 15.8. The van der Waals surface area contributed by atoms with Crippen molar-refractivity contribution in [3.63, 3.8) is 0 Å². The number of amides is 1. The van der Waals surface area contributed by atoms with Crippen molar-refractivity contribution in [1.82, 2.24) is 19.9 Å². The van der Waals surface area contributed by atoms with Gasteiger partial charge in [0.05, 0.1) is 17.3 Å². The first kappa shape index (κ1) is 18.3. The zero-order chi connectivity index (χ0) is 19.8. The highest BCUT2D eigenvalue weighted by atomic mass is 16.6. The Morgan fingerprint density at radius 1 is 1.21 bits per heavy atom. The third-order valence-corrected chi connectivity index (χ3v) is 5.38. The Morgan fingerprint density at radius 3 is 2.68 bits per heavy atom. The van der Waals surface area contributed by atoms with Crippen LogP contribution in [0.2, 0.25) is 0 Å². The van der Waals surface area contributed by atoms with Gasteiger partial charge in [0, 0.05) is 19.2 Å². The Kier molecular flexibility index (Phi) is 4.66. The summed E-state index contributed by atoms with van der Waals surface area (Å²) in [5.74, 6) is -0.241. The van der Waals surface area contributed by atoms with E-state index >= 15 is 0 Å². The molecule has 2 aliphatic rings. The van der Waals surface area contributed by atoms with E-state index in [0.29, 0.717) is 49.9 Å². The predicted molar refractivity (Wildman–Crippen MR) is 97.9 cm³/mol. The van der Waals surface area contributed by atoms with Crippen molar-refractivity contribution in [2.45, 2.75) is 20.3 Å². The lowest BCUT2D eigenvalue weighted by molar-refractivity contribution is -0.145. The van der Waals surface area contributed by atoms with Gasteiger partial charge in [-0.15, -0.1) is 5.10 Å². The number of rotatable bonds is 3. The highest BCUT2D eigenvalue weighted by Gasteiger charge is 2.34. The highest BCUT2D eigenvalue weighted by molar-refractivity contribution is 5.93. The molecule has 1 aromatic heterocycles. The maximum Gasteiger partial charge on any atom is 0.306 e. The molecule has 9 heteroatoms. The van der Waals surface area contributed by atoms with E-state index in [4.69, 9.17) is 9.47 Å². The molecule has 2 atom stereocenters. The van der Waals surface area contributed by atoms with Crippen molar-refractivity contribution >= 4 is 11.9 Å². The van der Waals surface area contributed by atoms with E-state index in [0.717, 1.165) is 5.69 Å². The Morgan fingerprint density at radius 2 is 1.96 bits per heavy atom. The Labute approximate surface area is 161 Å². The third-order valence-electron chi connectivity index (χ3n) is 5.38. The van der Waals surface area contributed by atoms with Gasteiger partial charge in [-0.2, -0.15) is 0 Å². The number of hydrogen-bond donors (Lipinski definition) is 1. The molecule has 1 amide bonds. The van der Waals surface area contributed by atoms with E-state index in [-0.39, 0.29) is 17.5 Å². The minimum Gasteiger partial charge on any atom is -0.486 e. The highest BCUT2D eigenvalue weighted by Crippen LogP contribution is 2.32. The molecule has 1 fully saturated rings. The number of carbonyl (C=O) groups is 2. The lowest BCUT2D eigenvalue weighted by Crippen LogP contribution is -2.45. The molecular formula is C19H22N4O5. The number of aromatic nitrogens is 3. The number of carboxylic acid groups (broad SMARTS) is 1. The van der Waals surface area contributed by atoms with Gasteiger partial charge in [0.2, 0.25) is 0 Å². The second-order valence-electron chi connectivity index (χ2n) is 7.23. The number of fused-ring (bicyclic) bond motifs is 1. The second kappa shape index (κ2) is 7.14. The molecule has 0 radical (unpaired) electrons. The molecule has 0 aliphatic carbocycles. The molecule has 4 rings (SSSR count).